The van der Waals surface area contributed by atoms with Crippen LogP contribution in [0.3, 0.4) is 0 Å². The average Bonchev–Trinajstić information content (AvgIpc) is 2.81. The fourth-order valence-corrected chi connectivity index (χ4v) is 6.20. The second-order valence-corrected chi connectivity index (χ2v) is 10.8. The monoisotopic (exact) mass is 533 g/mol. The molecule has 1 unspecified atom stereocenters. The first-order valence-corrected chi connectivity index (χ1v) is 12.6. The van der Waals surface area contributed by atoms with Crippen molar-refractivity contribution < 1.29 is 34.8 Å². The summed E-state index contributed by atoms with van der Waals surface area (Å²) in [6.45, 7) is 4.41. The van der Waals surface area contributed by atoms with Crippen LogP contribution >= 0.6 is 11.6 Å². The van der Waals surface area contributed by atoms with E-state index in [1.165, 1.54) is 11.0 Å². The topological polar surface area (TPSA) is 173 Å². The number of likely N-dealkylation sites (N-methyl/N-ethyl adjacent to an activating group) is 1. The van der Waals surface area contributed by atoms with Crippen LogP contribution in [0.25, 0.3) is 0 Å². The van der Waals surface area contributed by atoms with Gasteiger partial charge in [0.1, 0.15) is 22.8 Å². The molecule has 0 radical (unpaired) electrons. The van der Waals surface area contributed by atoms with Gasteiger partial charge in [0.2, 0.25) is 5.78 Å². The molecular weight excluding hydrogens is 502 g/mol. The summed E-state index contributed by atoms with van der Waals surface area (Å²) in [6.07, 6.45) is 1.05. The second kappa shape index (κ2) is 9.43. The van der Waals surface area contributed by atoms with Gasteiger partial charge < -0.3 is 31.5 Å². The third-order valence-corrected chi connectivity index (χ3v) is 8.46. The van der Waals surface area contributed by atoms with Gasteiger partial charge in [-0.2, -0.15) is 0 Å². The minimum absolute atomic E-state index is 0.0121. The molecule has 0 spiro atoms. The van der Waals surface area contributed by atoms with Crippen LogP contribution in [0.5, 0.6) is 5.75 Å². The maximum Gasteiger partial charge on any atom is 0.255 e. The van der Waals surface area contributed by atoms with Gasteiger partial charge in [-0.25, -0.2) is 0 Å². The maximum atomic E-state index is 13.6. The van der Waals surface area contributed by atoms with Crippen molar-refractivity contribution in [3.8, 4) is 5.75 Å². The summed E-state index contributed by atoms with van der Waals surface area (Å²) in [5.41, 5.74) is 2.56. The van der Waals surface area contributed by atoms with Crippen LogP contribution in [0.1, 0.15) is 48.2 Å². The van der Waals surface area contributed by atoms with E-state index in [0.717, 1.165) is 6.42 Å². The molecule has 3 aliphatic rings. The van der Waals surface area contributed by atoms with Crippen molar-refractivity contribution >= 4 is 29.1 Å². The number of carbonyl (C=O) groups is 3. The molecule has 0 aliphatic heterocycles. The number of rotatable bonds is 6. The summed E-state index contributed by atoms with van der Waals surface area (Å²) in [6, 6.07) is 0.559. The van der Waals surface area contributed by atoms with Crippen molar-refractivity contribution in [1.29, 1.82) is 0 Å². The summed E-state index contributed by atoms with van der Waals surface area (Å²) in [4.78, 5) is 40.5. The van der Waals surface area contributed by atoms with Crippen molar-refractivity contribution in [3.63, 3.8) is 0 Å². The Morgan fingerprint density at radius 2 is 1.95 bits per heavy atom. The van der Waals surface area contributed by atoms with Crippen molar-refractivity contribution in [1.82, 2.24) is 10.2 Å². The van der Waals surface area contributed by atoms with E-state index in [4.69, 9.17) is 17.3 Å². The number of phenolic OH excluding ortho intramolecular Hbond substituents is 1. The third-order valence-electron chi connectivity index (χ3n) is 7.98. The minimum Gasteiger partial charge on any atom is -0.510 e. The van der Waals surface area contributed by atoms with E-state index in [0.29, 0.717) is 22.7 Å². The fourth-order valence-electron chi connectivity index (χ4n) is 5.91. The second-order valence-electron chi connectivity index (χ2n) is 10.4. The molecule has 4 rings (SSSR count). The molecular formula is C26H32ClN3O7. The van der Waals surface area contributed by atoms with Crippen LogP contribution in [0.15, 0.2) is 28.7 Å². The van der Waals surface area contributed by atoms with Gasteiger partial charge in [-0.1, -0.05) is 18.5 Å². The Hall–Kier alpha value is -2.92. The number of allylic oxidation sites excluding steroid dienone is 1. The number of nitrogens with two attached hydrogens (primary N) is 1. The van der Waals surface area contributed by atoms with Crippen LogP contribution in [-0.2, 0) is 22.6 Å². The number of aliphatic hydroxyl groups excluding tert-OH is 2. The molecule has 1 aromatic carbocycles. The highest BCUT2D eigenvalue weighted by Gasteiger charge is 2.63. The number of nitrogens with zero attached hydrogens (tertiary/aromatic N) is 1. The number of nitrogens with one attached hydrogen (secondary N) is 1. The van der Waals surface area contributed by atoms with Crippen LogP contribution in [0.2, 0.25) is 5.02 Å². The van der Waals surface area contributed by atoms with Gasteiger partial charge >= 0.3 is 0 Å². The molecule has 0 heterocycles. The highest BCUT2D eigenvalue weighted by atomic mass is 35.5. The zero-order valence-corrected chi connectivity index (χ0v) is 21.9. The summed E-state index contributed by atoms with van der Waals surface area (Å²) >= 11 is 6.71. The summed E-state index contributed by atoms with van der Waals surface area (Å²) in [7, 11) is 3.16. The summed E-state index contributed by atoms with van der Waals surface area (Å²) < 4.78 is 0. The van der Waals surface area contributed by atoms with Crippen LogP contribution in [-0.4, -0.2) is 74.6 Å². The van der Waals surface area contributed by atoms with E-state index in [-0.39, 0.29) is 35.8 Å². The summed E-state index contributed by atoms with van der Waals surface area (Å²) in [5.74, 6) is -6.86. The number of phenols is 1. The lowest BCUT2D eigenvalue weighted by molar-refractivity contribution is -0.148. The number of amides is 1. The van der Waals surface area contributed by atoms with E-state index in [1.807, 2.05) is 13.8 Å². The first kappa shape index (κ1) is 27.1. The van der Waals surface area contributed by atoms with Gasteiger partial charge in [-0.3, -0.25) is 19.3 Å². The number of aromatic hydroxyl groups is 1. The molecule has 1 amide bonds. The average molecular weight is 534 g/mol. The molecule has 200 valence electrons. The Balaban J connectivity index is 1.87. The van der Waals surface area contributed by atoms with Crippen molar-refractivity contribution in [3.05, 3.63) is 50.4 Å². The Morgan fingerprint density at radius 3 is 2.51 bits per heavy atom. The molecule has 37 heavy (non-hydrogen) atoms. The molecule has 0 saturated carbocycles. The largest absolute Gasteiger partial charge is 0.510 e. The highest BCUT2D eigenvalue weighted by molar-refractivity contribution is 6.33. The third kappa shape index (κ3) is 3.94. The van der Waals surface area contributed by atoms with E-state index < -0.39 is 58.0 Å². The van der Waals surface area contributed by atoms with Crippen LogP contribution in [0, 0.1) is 11.8 Å². The van der Waals surface area contributed by atoms with Crippen molar-refractivity contribution in [2.24, 2.45) is 17.6 Å². The molecule has 7 N–H and O–H groups in total. The number of halogens is 1. The van der Waals surface area contributed by atoms with Crippen molar-refractivity contribution in [2.75, 3.05) is 14.1 Å². The smallest absolute Gasteiger partial charge is 0.255 e. The van der Waals surface area contributed by atoms with Crippen LogP contribution in [0.4, 0.5) is 0 Å². The lowest BCUT2D eigenvalue weighted by Gasteiger charge is -2.50. The number of hydrogen-bond donors (Lipinski definition) is 6. The molecule has 1 aromatic rings. The van der Waals surface area contributed by atoms with E-state index in [2.05, 4.69) is 5.32 Å². The number of fused-ring (bicyclic) bond motifs is 3. The number of ketones is 2. The van der Waals surface area contributed by atoms with Gasteiger partial charge in [-0.05, 0) is 63.4 Å². The van der Waals surface area contributed by atoms with Crippen LogP contribution < -0.4 is 11.1 Å². The number of carbonyl (C=O) groups excluding carboxylic acids is 3. The predicted molar refractivity (Wildman–Crippen MR) is 135 cm³/mol. The SMILES string of the molecule is CCC(C)NCc1cc(O)c2c(c1Cl)C[C@H]1C[C@H]3[C@H](N(C)C)C(O)=C(C(N)=O)C(=O)[C@@]3(O)C(O)=C1C2=O. The first-order chi connectivity index (χ1) is 17.3. The standard InChI is InChI=1S/C26H32ClN3O7/c1-5-10(2)29-9-12-8-15(31)17-13(19(12)27)6-11-7-14-20(30(3)4)22(33)18(25(28)36)24(35)26(14,37)23(34)16(11)21(17)32/h8,10-11,14,20,29,31,33-34,37H,5-7,9H2,1-4H3,(H2,28,36)/t10?,11-,14-,20-,26-/m0/s1. The Morgan fingerprint density at radius 1 is 1.30 bits per heavy atom. The molecule has 0 bridgehead atoms. The molecule has 0 fully saturated rings. The quantitative estimate of drug-likeness (QED) is 0.297. The lowest BCUT2D eigenvalue weighted by Crippen LogP contribution is -2.63. The van der Waals surface area contributed by atoms with Gasteiger partial charge in [0.15, 0.2) is 11.4 Å². The van der Waals surface area contributed by atoms with Gasteiger partial charge in [0.25, 0.3) is 5.91 Å². The molecule has 0 aromatic heterocycles. The Labute approximate surface area is 219 Å². The summed E-state index contributed by atoms with van der Waals surface area (Å²) in [5, 5.41) is 48.1. The maximum absolute atomic E-state index is 13.6. The van der Waals surface area contributed by atoms with E-state index >= 15 is 0 Å². The molecule has 0 saturated heterocycles. The van der Waals surface area contributed by atoms with E-state index in [9.17, 15) is 34.8 Å². The van der Waals surface area contributed by atoms with Gasteiger partial charge in [-0.15, -0.1) is 0 Å². The first-order valence-electron chi connectivity index (χ1n) is 12.2. The number of aliphatic hydroxyl groups is 3. The fraction of sp³-hybridized carbons (Fsp3) is 0.500. The number of benzene rings is 1. The molecule has 3 aliphatic carbocycles. The Kier molecular flexibility index (Phi) is 6.91. The predicted octanol–water partition coefficient (Wildman–Crippen LogP) is 1.66. The number of Topliss-reactive ketones (excluding diaryl/α,β-unsaturated/α-hetero) is 2. The number of hydrogen-bond acceptors (Lipinski definition) is 9. The normalized spacial score (nSPS) is 28.2. The van der Waals surface area contributed by atoms with E-state index in [1.54, 1.807) is 14.1 Å². The number of primary amides is 1. The van der Waals surface area contributed by atoms with Gasteiger partial charge in [0, 0.05) is 29.1 Å². The van der Waals surface area contributed by atoms with Crippen molar-refractivity contribution in [2.45, 2.75) is 57.3 Å². The molecule has 11 heteroatoms. The molecule has 5 atom stereocenters. The highest BCUT2D eigenvalue weighted by Crippen LogP contribution is 2.53. The zero-order chi connectivity index (χ0) is 27.6. The zero-order valence-electron chi connectivity index (χ0n) is 21.1. The lowest BCUT2D eigenvalue weighted by atomic mass is 9.58. The van der Waals surface area contributed by atoms with Gasteiger partial charge in [0.05, 0.1) is 11.6 Å². The Bertz CT molecular complexity index is 1270. The minimum atomic E-state index is -2.66. The molecule has 10 nitrogen and oxygen atoms in total.